The zero-order valence-corrected chi connectivity index (χ0v) is 11.2. The summed E-state index contributed by atoms with van der Waals surface area (Å²) in [6, 6.07) is 12.5. The fourth-order valence-corrected chi connectivity index (χ4v) is 2.08. The first-order valence-electron chi connectivity index (χ1n) is 5.15. The van der Waals surface area contributed by atoms with Crippen molar-refractivity contribution in [2.24, 2.45) is 0 Å². The number of benzene rings is 1. The minimum Gasteiger partial charge on any atom is -0.366 e. The summed E-state index contributed by atoms with van der Waals surface area (Å²) in [5, 5.41) is 3.31. The van der Waals surface area contributed by atoms with E-state index in [2.05, 4.69) is 64.1 Å². The van der Waals surface area contributed by atoms with Gasteiger partial charge in [-0.3, -0.25) is 0 Å². The molecule has 1 aromatic carbocycles. The summed E-state index contributed by atoms with van der Waals surface area (Å²) in [5.41, 5.74) is 2.50. The van der Waals surface area contributed by atoms with Crippen LogP contribution in [-0.2, 0) is 6.54 Å². The third-order valence-corrected chi connectivity index (χ3v) is 2.95. The molecule has 2 aromatic rings. The molecule has 16 heavy (non-hydrogen) atoms. The number of anilines is 1. The summed E-state index contributed by atoms with van der Waals surface area (Å²) in [5.74, 6) is 0.930. The Morgan fingerprint density at radius 1 is 1.25 bits per heavy atom. The van der Waals surface area contributed by atoms with Gasteiger partial charge in [0.05, 0.1) is 0 Å². The SMILES string of the molecule is Cc1ccnc(NCc2cccc(I)c2)c1. The Balaban J connectivity index is 2.02. The van der Waals surface area contributed by atoms with Crippen LogP contribution in [0.2, 0.25) is 0 Å². The molecule has 0 saturated carbocycles. The van der Waals surface area contributed by atoms with Gasteiger partial charge >= 0.3 is 0 Å². The quantitative estimate of drug-likeness (QED) is 0.873. The summed E-state index contributed by atoms with van der Waals surface area (Å²) in [4.78, 5) is 4.26. The molecular formula is C13H13IN2. The number of nitrogens with one attached hydrogen (secondary N) is 1. The molecule has 1 aromatic heterocycles. The van der Waals surface area contributed by atoms with E-state index in [0.717, 1.165) is 12.4 Å². The summed E-state index contributed by atoms with van der Waals surface area (Å²) >= 11 is 2.32. The minimum absolute atomic E-state index is 0.813. The fourth-order valence-electron chi connectivity index (χ4n) is 1.47. The smallest absolute Gasteiger partial charge is 0.126 e. The summed E-state index contributed by atoms with van der Waals surface area (Å²) in [7, 11) is 0. The van der Waals surface area contributed by atoms with Crippen LogP contribution in [0.3, 0.4) is 0 Å². The molecule has 0 aliphatic carbocycles. The average Bonchev–Trinajstić information content (AvgIpc) is 2.27. The van der Waals surface area contributed by atoms with E-state index in [9.17, 15) is 0 Å². The van der Waals surface area contributed by atoms with Crippen molar-refractivity contribution in [1.82, 2.24) is 4.98 Å². The lowest BCUT2D eigenvalue weighted by Crippen LogP contribution is -2.01. The molecule has 0 amide bonds. The third-order valence-electron chi connectivity index (χ3n) is 2.28. The van der Waals surface area contributed by atoms with Crippen molar-refractivity contribution in [1.29, 1.82) is 0 Å². The first-order chi connectivity index (χ1) is 7.74. The minimum atomic E-state index is 0.813. The normalized spacial score (nSPS) is 10.1. The van der Waals surface area contributed by atoms with E-state index in [4.69, 9.17) is 0 Å². The van der Waals surface area contributed by atoms with Crippen molar-refractivity contribution in [2.45, 2.75) is 13.5 Å². The number of aromatic nitrogens is 1. The van der Waals surface area contributed by atoms with Gasteiger partial charge in [0, 0.05) is 16.3 Å². The predicted molar refractivity (Wildman–Crippen MR) is 75.5 cm³/mol. The van der Waals surface area contributed by atoms with Crippen LogP contribution in [0, 0.1) is 10.5 Å². The number of pyridine rings is 1. The first-order valence-corrected chi connectivity index (χ1v) is 6.23. The van der Waals surface area contributed by atoms with Gasteiger partial charge in [-0.1, -0.05) is 12.1 Å². The molecule has 0 saturated heterocycles. The molecule has 0 bridgehead atoms. The Morgan fingerprint density at radius 2 is 2.12 bits per heavy atom. The van der Waals surface area contributed by atoms with Crippen LogP contribution in [0.4, 0.5) is 5.82 Å². The number of nitrogens with zero attached hydrogens (tertiary/aromatic N) is 1. The number of hydrogen-bond donors (Lipinski definition) is 1. The summed E-state index contributed by atoms with van der Waals surface area (Å²) in [6.07, 6.45) is 1.83. The monoisotopic (exact) mass is 324 g/mol. The number of halogens is 1. The largest absolute Gasteiger partial charge is 0.366 e. The van der Waals surface area contributed by atoms with Gasteiger partial charge in [-0.15, -0.1) is 0 Å². The van der Waals surface area contributed by atoms with E-state index in [-0.39, 0.29) is 0 Å². The van der Waals surface area contributed by atoms with Crippen LogP contribution < -0.4 is 5.32 Å². The third kappa shape index (κ3) is 3.20. The zero-order valence-electron chi connectivity index (χ0n) is 9.07. The molecule has 0 aliphatic rings. The molecule has 2 rings (SSSR count). The highest BCUT2D eigenvalue weighted by Gasteiger charge is 1.96. The standard InChI is InChI=1S/C13H13IN2/c1-10-5-6-15-13(7-10)16-9-11-3-2-4-12(14)8-11/h2-8H,9H2,1H3,(H,15,16). The van der Waals surface area contributed by atoms with Gasteiger partial charge in [-0.05, 0) is 64.9 Å². The first kappa shape index (κ1) is 11.4. The molecule has 0 spiro atoms. The second-order valence-electron chi connectivity index (χ2n) is 3.70. The highest BCUT2D eigenvalue weighted by molar-refractivity contribution is 14.1. The number of rotatable bonds is 3. The van der Waals surface area contributed by atoms with E-state index in [1.807, 2.05) is 18.3 Å². The maximum atomic E-state index is 4.26. The second-order valence-corrected chi connectivity index (χ2v) is 4.95. The second kappa shape index (κ2) is 5.30. The van der Waals surface area contributed by atoms with Crippen LogP contribution in [0.1, 0.15) is 11.1 Å². The summed E-state index contributed by atoms with van der Waals surface area (Å²) in [6.45, 7) is 2.88. The topological polar surface area (TPSA) is 24.9 Å². The Hall–Kier alpha value is -1.10. The van der Waals surface area contributed by atoms with Crippen molar-refractivity contribution in [3.8, 4) is 0 Å². The molecule has 0 fully saturated rings. The van der Waals surface area contributed by atoms with Crippen molar-refractivity contribution in [2.75, 3.05) is 5.32 Å². The molecule has 82 valence electrons. The highest BCUT2D eigenvalue weighted by Crippen LogP contribution is 2.10. The molecule has 2 nitrogen and oxygen atoms in total. The van der Waals surface area contributed by atoms with Crippen LogP contribution in [0.15, 0.2) is 42.6 Å². The van der Waals surface area contributed by atoms with Crippen LogP contribution in [0.5, 0.6) is 0 Å². The fraction of sp³-hybridized carbons (Fsp3) is 0.154. The molecule has 1 N–H and O–H groups in total. The van der Waals surface area contributed by atoms with E-state index in [1.165, 1.54) is 14.7 Å². The summed E-state index contributed by atoms with van der Waals surface area (Å²) < 4.78 is 1.26. The van der Waals surface area contributed by atoms with Gasteiger partial charge in [0.1, 0.15) is 5.82 Å². The van der Waals surface area contributed by atoms with E-state index in [1.54, 1.807) is 0 Å². The Morgan fingerprint density at radius 3 is 2.88 bits per heavy atom. The number of hydrogen-bond acceptors (Lipinski definition) is 2. The van der Waals surface area contributed by atoms with Gasteiger partial charge in [0.25, 0.3) is 0 Å². The van der Waals surface area contributed by atoms with Gasteiger partial charge in [-0.2, -0.15) is 0 Å². The average molecular weight is 324 g/mol. The molecule has 0 radical (unpaired) electrons. The van der Waals surface area contributed by atoms with Gasteiger partial charge in [0.15, 0.2) is 0 Å². The van der Waals surface area contributed by atoms with E-state index < -0.39 is 0 Å². The lowest BCUT2D eigenvalue weighted by molar-refractivity contribution is 1.10. The number of aryl methyl sites for hydroxylation is 1. The van der Waals surface area contributed by atoms with Crippen molar-refractivity contribution >= 4 is 28.4 Å². The Kier molecular flexibility index (Phi) is 3.77. The van der Waals surface area contributed by atoms with Crippen LogP contribution in [-0.4, -0.2) is 4.98 Å². The lowest BCUT2D eigenvalue weighted by atomic mass is 10.2. The molecule has 0 atom stereocenters. The molecule has 0 unspecified atom stereocenters. The molecular weight excluding hydrogens is 311 g/mol. The van der Waals surface area contributed by atoms with Crippen LogP contribution in [0.25, 0.3) is 0 Å². The maximum Gasteiger partial charge on any atom is 0.126 e. The Bertz CT molecular complexity index is 437. The van der Waals surface area contributed by atoms with Crippen LogP contribution >= 0.6 is 22.6 Å². The van der Waals surface area contributed by atoms with E-state index in [0.29, 0.717) is 0 Å². The van der Waals surface area contributed by atoms with Gasteiger partial charge in [0.2, 0.25) is 0 Å². The molecule has 1 heterocycles. The van der Waals surface area contributed by atoms with Crippen molar-refractivity contribution in [3.05, 3.63) is 57.3 Å². The lowest BCUT2D eigenvalue weighted by Gasteiger charge is -2.06. The van der Waals surface area contributed by atoms with E-state index >= 15 is 0 Å². The molecule has 0 aliphatic heterocycles. The highest BCUT2D eigenvalue weighted by atomic mass is 127. The predicted octanol–water partition coefficient (Wildman–Crippen LogP) is 3.61. The van der Waals surface area contributed by atoms with Gasteiger partial charge in [-0.25, -0.2) is 4.98 Å². The van der Waals surface area contributed by atoms with Crippen molar-refractivity contribution in [3.63, 3.8) is 0 Å². The van der Waals surface area contributed by atoms with Crippen molar-refractivity contribution < 1.29 is 0 Å². The zero-order chi connectivity index (χ0) is 11.4. The molecule has 3 heteroatoms. The van der Waals surface area contributed by atoms with Gasteiger partial charge < -0.3 is 5.32 Å². The Labute approximate surface area is 109 Å². The maximum absolute atomic E-state index is 4.26.